The van der Waals surface area contributed by atoms with Crippen LogP contribution in [0.4, 0.5) is 21.9 Å². The lowest BCUT2D eigenvalue weighted by molar-refractivity contribution is -0.137. The number of carbonyl (C=O) groups excluding carboxylic acids is 11. The first-order valence-corrected chi connectivity index (χ1v) is 41.2. The van der Waals surface area contributed by atoms with E-state index in [-0.39, 0.29) is 137 Å². The highest BCUT2D eigenvalue weighted by Crippen LogP contribution is 2.41. The number of benzene rings is 8. The van der Waals surface area contributed by atoms with Crippen molar-refractivity contribution in [3.05, 3.63) is 239 Å². The number of nitrogens with one attached hydrogen (secondary N) is 7. The van der Waals surface area contributed by atoms with Gasteiger partial charge in [0.05, 0.1) is 75.1 Å². The minimum absolute atomic E-state index is 0.0143. The lowest BCUT2D eigenvalue weighted by Crippen LogP contribution is -2.59. The number of hydrogen-bond acceptors (Lipinski definition) is 18. The highest BCUT2D eigenvalue weighted by Gasteiger charge is 2.44. The van der Waals surface area contributed by atoms with Crippen LogP contribution in [0.1, 0.15) is 134 Å². The molecule has 12 amide bonds. The molecule has 644 valence electrons. The Morgan fingerprint density at radius 1 is 0.634 bits per heavy atom. The summed E-state index contributed by atoms with van der Waals surface area (Å²) in [6.07, 6.45) is 5.30. The molecule has 0 radical (unpaired) electrons. The number of primary amides is 1. The number of hydrogen-bond donors (Lipinski definition) is 8. The molecular formula is C94H107N13O16. The maximum atomic E-state index is 15.1. The predicted molar refractivity (Wildman–Crippen MR) is 468 cm³/mol. The van der Waals surface area contributed by atoms with Crippen LogP contribution in [0.25, 0.3) is 21.9 Å². The third-order valence-electron chi connectivity index (χ3n) is 21.3. The maximum absolute atomic E-state index is 15.1. The molecule has 2 aliphatic rings. The van der Waals surface area contributed by atoms with Gasteiger partial charge in [0, 0.05) is 67.6 Å². The molecule has 0 saturated carbocycles. The topological polar surface area (TPSA) is 381 Å². The molecule has 8 aromatic carbocycles. The maximum Gasteiger partial charge on any atom is 0.312 e. The standard InChI is InChI=1S/C94H107N13O16/c1-9-74(65-19-12-10-13-20-65)85(68-34-41-73(42-35-68)123-58-63-25-37-71(38-26-63)100-90(114)77(23-18-47-99-94(96)118)101-91(115)86(60(2)3)102-81(108)24-14-11-17-49-105-82(109)45-46-83(105)110)67-32-39-72(40-33-67)122-52-50-104(7)84(111)59-121-54-53-120-51-48-98-89(113)69-28-30-70(31-29-69)92(116)107-62(5)87(103-88(112)61(4)97-6)93(117)106(78-43-27-64(56-95)55-79(78)107)57-76-75-22-16-15-21-66(75)36-44-80(76)119-8/h10,12-13,15-16,19-22,25-46,55,60-62,77,86-87,97H,9,11,14,17-18,23-24,47-54,57-59H2,1-8H3,(H,98,113)(H,100,114)(H,101,115)(H,102,108)(H,103,112)(H3,96,99,118)/b85-74+/t61-,62-,77-,86-,87-/m0/s1. The quantitative estimate of drug-likeness (QED) is 0.01000. The van der Waals surface area contributed by atoms with Crippen molar-refractivity contribution in [3.8, 4) is 23.3 Å². The van der Waals surface area contributed by atoms with Crippen molar-refractivity contribution in [2.24, 2.45) is 11.7 Å². The number of anilines is 3. The second-order valence-corrected chi connectivity index (χ2v) is 30.1. The summed E-state index contributed by atoms with van der Waals surface area (Å²) in [6.45, 7) is 10.4. The molecule has 0 unspecified atom stereocenters. The molecule has 0 aliphatic carbocycles. The molecule has 0 saturated heterocycles. The summed E-state index contributed by atoms with van der Waals surface area (Å²) in [6, 6.07) is 51.6. The van der Waals surface area contributed by atoms with Crippen LogP contribution >= 0.6 is 0 Å². The van der Waals surface area contributed by atoms with E-state index in [0.29, 0.717) is 59.9 Å². The molecule has 0 spiro atoms. The van der Waals surface area contributed by atoms with Crippen molar-refractivity contribution in [3.63, 3.8) is 0 Å². The Labute approximate surface area is 716 Å². The van der Waals surface area contributed by atoms with Gasteiger partial charge in [0.15, 0.2) is 0 Å². The van der Waals surface area contributed by atoms with Gasteiger partial charge in [-0.25, -0.2) is 4.79 Å². The smallest absolute Gasteiger partial charge is 0.312 e. The number of ether oxygens (including phenoxy) is 5. The fraction of sp³-hybridized carbons (Fsp3) is 0.340. The fourth-order valence-corrected chi connectivity index (χ4v) is 14.3. The Balaban J connectivity index is 0.661. The van der Waals surface area contributed by atoms with Gasteiger partial charge in [0.25, 0.3) is 29.5 Å². The third-order valence-corrected chi connectivity index (χ3v) is 21.3. The molecule has 0 fully saturated rings. The lowest BCUT2D eigenvalue weighted by atomic mass is 9.88. The number of urea groups is 1. The van der Waals surface area contributed by atoms with Crippen molar-refractivity contribution >= 4 is 104 Å². The zero-order valence-electron chi connectivity index (χ0n) is 70.5. The van der Waals surface area contributed by atoms with E-state index in [0.717, 1.165) is 55.5 Å². The van der Waals surface area contributed by atoms with Crippen LogP contribution in [0.2, 0.25) is 0 Å². The summed E-state index contributed by atoms with van der Waals surface area (Å²) in [4.78, 5) is 152. The molecule has 123 heavy (non-hydrogen) atoms. The normalized spacial score (nSPS) is 14.6. The number of carbonyl (C=O) groups is 11. The first-order valence-electron chi connectivity index (χ1n) is 41.2. The number of amides is 12. The van der Waals surface area contributed by atoms with Crippen LogP contribution in [0, 0.1) is 17.2 Å². The van der Waals surface area contributed by atoms with E-state index in [1.165, 1.54) is 51.1 Å². The van der Waals surface area contributed by atoms with E-state index >= 15 is 4.79 Å². The highest BCUT2D eigenvalue weighted by molar-refractivity contribution is 6.15. The number of unbranched alkanes of at least 4 members (excludes halogenated alkanes) is 2. The second kappa shape index (κ2) is 45.2. The lowest BCUT2D eigenvalue weighted by Gasteiger charge is -2.33. The van der Waals surface area contributed by atoms with Crippen molar-refractivity contribution in [1.82, 2.24) is 41.7 Å². The molecule has 0 bridgehead atoms. The molecule has 2 aliphatic heterocycles. The summed E-state index contributed by atoms with van der Waals surface area (Å²) >= 11 is 0. The van der Waals surface area contributed by atoms with Gasteiger partial charge in [-0.3, -0.25) is 52.8 Å². The number of nitrogens with two attached hydrogens (primary N) is 1. The van der Waals surface area contributed by atoms with Gasteiger partial charge in [-0.05, 0) is 188 Å². The van der Waals surface area contributed by atoms with E-state index in [9.17, 15) is 53.2 Å². The average molecular weight is 1670 g/mol. The Kier molecular flexibility index (Phi) is 33.7. The molecule has 0 aromatic heterocycles. The summed E-state index contributed by atoms with van der Waals surface area (Å²) in [5.41, 5.74) is 13.6. The van der Waals surface area contributed by atoms with Crippen LogP contribution in [-0.2, 0) is 61.0 Å². The monoisotopic (exact) mass is 1670 g/mol. The van der Waals surface area contributed by atoms with Crippen LogP contribution in [0.3, 0.4) is 0 Å². The largest absolute Gasteiger partial charge is 0.496 e. The molecule has 29 heteroatoms. The molecule has 9 N–H and O–H groups in total. The molecule has 29 nitrogen and oxygen atoms in total. The Morgan fingerprint density at radius 2 is 1.29 bits per heavy atom. The Morgan fingerprint density at radius 3 is 1.95 bits per heavy atom. The number of nitriles is 1. The molecule has 5 atom stereocenters. The summed E-state index contributed by atoms with van der Waals surface area (Å²) in [5, 5.41) is 31.5. The Bertz CT molecular complexity index is 5150. The number of methoxy groups -OCH3 is 1. The number of allylic oxidation sites excluding steroid dienone is 1. The first kappa shape index (κ1) is 91.7. The predicted octanol–water partition coefficient (Wildman–Crippen LogP) is 10.1. The van der Waals surface area contributed by atoms with Gasteiger partial charge in [0.2, 0.25) is 29.5 Å². The van der Waals surface area contributed by atoms with E-state index in [2.05, 4.69) is 62.3 Å². The number of fused-ring (bicyclic) bond motifs is 2. The minimum Gasteiger partial charge on any atom is -0.496 e. The zero-order chi connectivity index (χ0) is 88.1. The molecule has 10 rings (SSSR count). The zero-order valence-corrected chi connectivity index (χ0v) is 70.5. The number of nitrogens with zero attached hydrogens (tertiary/aromatic N) is 5. The van der Waals surface area contributed by atoms with Crippen LogP contribution in [0.5, 0.6) is 17.2 Å². The van der Waals surface area contributed by atoms with Crippen LogP contribution in [-0.4, -0.2) is 186 Å². The van der Waals surface area contributed by atoms with Crippen LogP contribution < -0.4 is 67.0 Å². The van der Waals surface area contributed by atoms with Crippen molar-refractivity contribution in [2.45, 2.75) is 123 Å². The summed E-state index contributed by atoms with van der Waals surface area (Å²) < 4.78 is 29.6. The van der Waals surface area contributed by atoms with E-state index < -0.39 is 71.7 Å². The Hall–Kier alpha value is -13.6. The average Bonchev–Trinajstić information content (AvgIpc) is 1.60. The molecule has 8 aromatic rings. The number of imide groups is 1. The fourth-order valence-electron chi connectivity index (χ4n) is 14.3. The van der Waals surface area contributed by atoms with E-state index in [4.69, 9.17) is 29.4 Å². The van der Waals surface area contributed by atoms with Gasteiger partial charge in [-0.2, -0.15) is 5.26 Å². The van der Waals surface area contributed by atoms with Crippen LogP contribution in [0.15, 0.2) is 194 Å². The summed E-state index contributed by atoms with van der Waals surface area (Å²) in [5.74, 6) is -2.92. The second-order valence-electron chi connectivity index (χ2n) is 30.1. The summed E-state index contributed by atoms with van der Waals surface area (Å²) in [7, 11) is 4.83. The van der Waals surface area contributed by atoms with Gasteiger partial charge in [-0.1, -0.05) is 124 Å². The number of likely N-dealkylation sites (N-methyl/N-ethyl adjacent to an activating group) is 2. The van der Waals surface area contributed by atoms with E-state index in [1.807, 2.05) is 115 Å². The van der Waals surface area contributed by atoms with Crippen molar-refractivity contribution in [2.75, 3.05) is 95.5 Å². The van der Waals surface area contributed by atoms with Crippen molar-refractivity contribution < 1.29 is 76.4 Å². The third kappa shape index (κ3) is 25.1. The minimum atomic E-state index is -1.26. The van der Waals surface area contributed by atoms with Gasteiger partial charge in [0.1, 0.15) is 55.2 Å². The van der Waals surface area contributed by atoms with Gasteiger partial charge < -0.3 is 81.3 Å². The van der Waals surface area contributed by atoms with Gasteiger partial charge in [-0.15, -0.1) is 0 Å². The number of rotatable bonds is 43. The molecule has 2 heterocycles. The van der Waals surface area contributed by atoms with Gasteiger partial charge >= 0.3 is 6.03 Å². The highest BCUT2D eigenvalue weighted by atomic mass is 16.5. The van der Waals surface area contributed by atoms with Crippen molar-refractivity contribution in [1.29, 1.82) is 5.26 Å². The first-order chi connectivity index (χ1) is 59.4. The molecular weight excluding hydrogens is 1570 g/mol. The SMILES string of the molecule is CC/C(=C(/c1ccc(OCCN(C)C(=O)COCCOCCNC(=O)c2ccc(C(=O)N3c4cc(C#N)ccc4N(Cc4c(OC)ccc5ccccc45)C(=O)[C@@H](NC(=O)[C@H](C)NC)[C@@H]3C)cc2)cc1)c1ccc(OCc2ccc(NC(=O)[C@H](CCCNC(N)=O)NC(=O)[C@@H](NC(=O)CCCCCN3C(=O)C=CC3=O)C(C)C)cc2)cc1)c1ccccc1. The van der Waals surface area contributed by atoms with E-state index in [1.54, 1.807) is 79.2 Å².